The Morgan fingerprint density at radius 2 is 2.33 bits per heavy atom. The van der Waals surface area contributed by atoms with Crippen molar-refractivity contribution in [2.24, 2.45) is 5.73 Å². The summed E-state index contributed by atoms with van der Waals surface area (Å²) in [7, 11) is 1.65. The van der Waals surface area contributed by atoms with Gasteiger partial charge in [0.2, 0.25) is 11.7 Å². The fraction of sp³-hybridized carbons (Fsp3) is 0.600. The first-order valence-corrected chi connectivity index (χ1v) is 5.50. The summed E-state index contributed by atoms with van der Waals surface area (Å²) < 4.78 is 1.46. The molecule has 0 aromatic carbocycles. The van der Waals surface area contributed by atoms with Crippen LogP contribution >= 0.6 is 0 Å². The van der Waals surface area contributed by atoms with E-state index < -0.39 is 4.92 Å². The first kappa shape index (κ1) is 14.1. The molecule has 1 unspecified atom stereocenters. The summed E-state index contributed by atoms with van der Waals surface area (Å²) in [6.07, 6.45) is 1.26. The van der Waals surface area contributed by atoms with Gasteiger partial charge in [-0.25, -0.2) is 0 Å². The van der Waals surface area contributed by atoms with Gasteiger partial charge in [-0.2, -0.15) is 0 Å². The van der Waals surface area contributed by atoms with E-state index in [1.165, 1.54) is 15.7 Å². The van der Waals surface area contributed by atoms with Gasteiger partial charge >= 0.3 is 5.82 Å². The largest absolute Gasteiger partial charge is 0.381 e. The molecule has 2 N–H and O–H groups in total. The fourth-order valence-corrected chi connectivity index (χ4v) is 1.40. The molecule has 18 heavy (non-hydrogen) atoms. The van der Waals surface area contributed by atoms with Crippen molar-refractivity contribution in [1.29, 1.82) is 0 Å². The minimum Gasteiger partial charge on any atom is -0.358 e. The highest BCUT2D eigenvalue weighted by Crippen LogP contribution is 2.10. The first-order chi connectivity index (χ1) is 8.36. The third kappa shape index (κ3) is 3.04. The van der Waals surface area contributed by atoms with Gasteiger partial charge in [-0.1, -0.05) is 0 Å². The maximum atomic E-state index is 11.9. The van der Waals surface area contributed by atoms with E-state index in [9.17, 15) is 14.9 Å². The van der Waals surface area contributed by atoms with Crippen LogP contribution in [0.15, 0.2) is 6.20 Å². The molecule has 0 aliphatic carbocycles. The quantitative estimate of drug-likeness (QED) is 0.584. The van der Waals surface area contributed by atoms with Crippen LogP contribution in [0.25, 0.3) is 0 Å². The summed E-state index contributed by atoms with van der Waals surface area (Å²) in [5.41, 5.74) is 5.48. The average Bonchev–Trinajstić information content (AvgIpc) is 2.69. The molecular weight excluding hydrogens is 238 g/mol. The summed E-state index contributed by atoms with van der Waals surface area (Å²) in [5, 5.41) is 10.6. The SMILES string of the molecule is Cc1nc([N+](=O)[O-])cn1CC(=O)N(C)C(C)CN. The number of carbonyl (C=O) groups is 1. The molecule has 0 spiro atoms. The minimum atomic E-state index is -0.583. The van der Waals surface area contributed by atoms with Gasteiger partial charge in [0.1, 0.15) is 12.7 Å². The van der Waals surface area contributed by atoms with Crippen molar-refractivity contribution >= 4 is 11.7 Å². The molecule has 100 valence electrons. The Labute approximate surface area is 105 Å². The number of likely N-dealkylation sites (N-methyl/N-ethyl adjacent to an activating group) is 1. The summed E-state index contributed by atoms with van der Waals surface area (Å²) in [5.74, 6) is 0.0158. The van der Waals surface area contributed by atoms with Crippen LogP contribution in [0.3, 0.4) is 0 Å². The van der Waals surface area contributed by atoms with Gasteiger partial charge in [-0.3, -0.25) is 9.36 Å². The number of hydrogen-bond donors (Lipinski definition) is 1. The molecule has 1 rings (SSSR count). The Kier molecular flexibility index (Phi) is 4.38. The zero-order chi connectivity index (χ0) is 13.9. The standard InChI is InChI=1S/C10H17N5O3/c1-7(4-11)13(3)10(16)6-14-5-9(15(17)18)12-8(14)2/h5,7H,4,6,11H2,1-3H3. The number of aromatic nitrogens is 2. The smallest absolute Gasteiger partial charge is 0.358 e. The molecule has 0 saturated carbocycles. The van der Waals surface area contributed by atoms with Crippen molar-refractivity contribution in [2.75, 3.05) is 13.6 Å². The molecule has 0 radical (unpaired) electrons. The molecule has 1 atom stereocenters. The lowest BCUT2D eigenvalue weighted by Gasteiger charge is -2.23. The Morgan fingerprint density at radius 3 is 2.78 bits per heavy atom. The van der Waals surface area contributed by atoms with Gasteiger partial charge in [-0.15, -0.1) is 0 Å². The van der Waals surface area contributed by atoms with Gasteiger partial charge < -0.3 is 20.7 Å². The highest BCUT2D eigenvalue weighted by atomic mass is 16.6. The topological polar surface area (TPSA) is 107 Å². The van der Waals surface area contributed by atoms with Gasteiger partial charge in [0.05, 0.1) is 0 Å². The van der Waals surface area contributed by atoms with Gasteiger partial charge in [0.25, 0.3) is 0 Å². The van der Waals surface area contributed by atoms with Crippen molar-refractivity contribution in [3.63, 3.8) is 0 Å². The molecular formula is C10H17N5O3. The zero-order valence-corrected chi connectivity index (χ0v) is 10.7. The number of nitrogens with two attached hydrogens (primary N) is 1. The Hall–Kier alpha value is -1.96. The predicted octanol–water partition coefficient (Wildman–Crippen LogP) is -0.0947. The Bertz CT molecular complexity index is 456. The summed E-state index contributed by atoms with van der Waals surface area (Å²) in [6.45, 7) is 3.84. The fourth-order valence-electron chi connectivity index (χ4n) is 1.40. The molecule has 1 heterocycles. The second kappa shape index (κ2) is 5.58. The lowest BCUT2D eigenvalue weighted by atomic mass is 10.3. The number of carbonyl (C=O) groups excluding carboxylic acids is 1. The van der Waals surface area contributed by atoms with Gasteiger partial charge in [0, 0.05) is 26.6 Å². The number of rotatable bonds is 5. The van der Waals surface area contributed by atoms with E-state index in [4.69, 9.17) is 5.73 Å². The van der Waals surface area contributed by atoms with Crippen LogP contribution in [-0.2, 0) is 11.3 Å². The Balaban J connectivity index is 2.79. The number of nitrogens with zero attached hydrogens (tertiary/aromatic N) is 4. The molecule has 8 nitrogen and oxygen atoms in total. The monoisotopic (exact) mass is 255 g/mol. The molecule has 1 amide bonds. The molecule has 0 aliphatic heterocycles. The van der Waals surface area contributed by atoms with Crippen molar-refractivity contribution < 1.29 is 9.72 Å². The van der Waals surface area contributed by atoms with Gasteiger partial charge in [0.15, 0.2) is 0 Å². The molecule has 0 aliphatic rings. The van der Waals surface area contributed by atoms with Crippen LogP contribution in [0.1, 0.15) is 12.7 Å². The van der Waals surface area contributed by atoms with E-state index in [2.05, 4.69) is 4.98 Å². The van der Waals surface area contributed by atoms with Crippen LogP contribution in [0.4, 0.5) is 5.82 Å². The number of aryl methyl sites for hydroxylation is 1. The molecule has 8 heteroatoms. The van der Waals surface area contributed by atoms with Crippen molar-refractivity contribution in [2.45, 2.75) is 26.4 Å². The minimum absolute atomic E-state index is 0.0213. The molecule has 0 fully saturated rings. The van der Waals surface area contributed by atoms with Crippen LogP contribution in [0, 0.1) is 17.0 Å². The molecule has 1 aromatic heterocycles. The average molecular weight is 255 g/mol. The van der Waals surface area contributed by atoms with Crippen LogP contribution in [0.5, 0.6) is 0 Å². The molecule has 0 saturated heterocycles. The van der Waals surface area contributed by atoms with E-state index in [0.29, 0.717) is 12.4 Å². The van der Waals surface area contributed by atoms with E-state index >= 15 is 0 Å². The maximum Gasteiger partial charge on any atom is 0.381 e. The highest BCUT2D eigenvalue weighted by molar-refractivity contribution is 5.76. The van der Waals surface area contributed by atoms with E-state index in [-0.39, 0.29) is 24.3 Å². The zero-order valence-electron chi connectivity index (χ0n) is 10.7. The number of nitro groups is 1. The second-order valence-corrected chi connectivity index (χ2v) is 4.12. The summed E-state index contributed by atoms with van der Waals surface area (Å²) in [6, 6.07) is -0.0729. The van der Waals surface area contributed by atoms with Gasteiger partial charge in [-0.05, 0) is 16.8 Å². The van der Waals surface area contributed by atoms with E-state index in [1.807, 2.05) is 6.92 Å². The van der Waals surface area contributed by atoms with Crippen LogP contribution in [-0.4, -0.2) is 44.9 Å². The molecule has 1 aromatic rings. The molecule has 0 bridgehead atoms. The van der Waals surface area contributed by atoms with Crippen molar-refractivity contribution in [3.05, 3.63) is 22.1 Å². The third-order valence-corrected chi connectivity index (χ3v) is 2.85. The summed E-state index contributed by atoms with van der Waals surface area (Å²) in [4.78, 5) is 27.1. The van der Waals surface area contributed by atoms with Crippen LogP contribution in [0.2, 0.25) is 0 Å². The lowest BCUT2D eigenvalue weighted by Crippen LogP contribution is -2.41. The predicted molar refractivity (Wildman–Crippen MR) is 64.9 cm³/mol. The number of imidazole rings is 1. The Morgan fingerprint density at radius 1 is 1.72 bits per heavy atom. The van der Waals surface area contributed by atoms with Crippen LogP contribution < -0.4 is 5.73 Å². The summed E-state index contributed by atoms with van der Waals surface area (Å²) >= 11 is 0. The second-order valence-electron chi connectivity index (χ2n) is 4.12. The first-order valence-electron chi connectivity index (χ1n) is 5.50. The number of amides is 1. The highest BCUT2D eigenvalue weighted by Gasteiger charge is 2.20. The normalized spacial score (nSPS) is 12.2. The van der Waals surface area contributed by atoms with Crippen molar-refractivity contribution in [3.8, 4) is 0 Å². The van der Waals surface area contributed by atoms with Crippen molar-refractivity contribution in [1.82, 2.24) is 14.5 Å². The maximum absolute atomic E-state index is 11.9. The lowest BCUT2D eigenvalue weighted by molar-refractivity contribution is -0.389. The number of hydrogen-bond acceptors (Lipinski definition) is 5. The third-order valence-electron chi connectivity index (χ3n) is 2.85. The van der Waals surface area contributed by atoms with E-state index in [1.54, 1.807) is 14.0 Å². The van der Waals surface area contributed by atoms with E-state index in [0.717, 1.165) is 0 Å².